The first-order valence-corrected chi connectivity index (χ1v) is 6.69. The highest BCUT2D eigenvalue weighted by Crippen LogP contribution is 2.20. The molecular weight excluding hydrogens is 226 g/mol. The lowest BCUT2D eigenvalue weighted by Gasteiger charge is -2.19. The molecule has 18 heavy (non-hydrogen) atoms. The van der Waals surface area contributed by atoms with Crippen LogP contribution in [0.5, 0.6) is 0 Å². The third-order valence-electron chi connectivity index (χ3n) is 3.23. The summed E-state index contributed by atoms with van der Waals surface area (Å²) in [5.41, 5.74) is 2.38. The van der Waals surface area contributed by atoms with Crippen LogP contribution >= 0.6 is 0 Å². The van der Waals surface area contributed by atoms with Crippen molar-refractivity contribution in [3.63, 3.8) is 0 Å². The zero-order valence-corrected chi connectivity index (χ0v) is 11.5. The Kier molecular flexibility index (Phi) is 5.69. The summed E-state index contributed by atoms with van der Waals surface area (Å²) in [6.07, 6.45) is 4.67. The molecule has 1 aromatic rings. The van der Waals surface area contributed by atoms with Crippen LogP contribution < -0.4 is 5.32 Å². The van der Waals surface area contributed by atoms with Crippen LogP contribution in [0.15, 0.2) is 18.2 Å². The molecule has 1 unspecified atom stereocenters. The molecule has 0 aliphatic heterocycles. The lowest BCUT2D eigenvalue weighted by molar-refractivity contribution is 0.0697. The van der Waals surface area contributed by atoms with Crippen molar-refractivity contribution in [3.05, 3.63) is 29.3 Å². The first-order valence-electron chi connectivity index (χ1n) is 6.69. The number of benzene rings is 1. The lowest BCUT2D eigenvalue weighted by atomic mass is 10.0. The molecule has 2 N–H and O–H groups in total. The summed E-state index contributed by atoms with van der Waals surface area (Å²) >= 11 is 0. The average Bonchev–Trinajstić information content (AvgIpc) is 2.35. The smallest absolute Gasteiger partial charge is 0.335 e. The highest BCUT2D eigenvalue weighted by molar-refractivity contribution is 5.88. The molecule has 0 spiro atoms. The van der Waals surface area contributed by atoms with Gasteiger partial charge in [-0.3, -0.25) is 0 Å². The van der Waals surface area contributed by atoms with Crippen molar-refractivity contribution in [2.45, 2.75) is 52.5 Å². The van der Waals surface area contributed by atoms with E-state index in [1.165, 1.54) is 12.8 Å². The number of carboxylic acid groups (broad SMARTS) is 1. The summed E-state index contributed by atoms with van der Waals surface area (Å²) in [4.78, 5) is 10.9. The van der Waals surface area contributed by atoms with E-state index in [-0.39, 0.29) is 0 Å². The lowest BCUT2D eigenvalue weighted by Crippen LogP contribution is -2.19. The predicted octanol–water partition coefficient (Wildman–Crippen LogP) is 4.07. The van der Waals surface area contributed by atoms with Crippen molar-refractivity contribution in [2.24, 2.45) is 0 Å². The van der Waals surface area contributed by atoms with Gasteiger partial charge in [-0.25, -0.2) is 4.79 Å². The quantitative estimate of drug-likeness (QED) is 0.765. The number of nitrogens with one attached hydrogen (secondary N) is 1. The van der Waals surface area contributed by atoms with Crippen LogP contribution in [0.1, 0.15) is 55.5 Å². The fraction of sp³-hybridized carbons (Fsp3) is 0.533. The number of hydrogen-bond acceptors (Lipinski definition) is 2. The van der Waals surface area contributed by atoms with Gasteiger partial charge in [0.1, 0.15) is 0 Å². The molecule has 1 rings (SSSR count). The van der Waals surface area contributed by atoms with Crippen molar-refractivity contribution < 1.29 is 9.90 Å². The zero-order valence-electron chi connectivity index (χ0n) is 11.5. The molecule has 1 atom stereocenters. The molecular formula is C15H23NO2. The summed E-state index contributed by atoms with van der Waals surface area (Å²) in [5, 5.41) is 12.4. The van der Waals surface area contributed by atoms with Gasteiger partial charge in [0.2, 0.25) is 0 Å². The second-order valence-electron chi connectivity index (χ2n) is 4.73. The number of anilines is 1. The number of carbonyl (C=O) groups is 1. The third kappa shape index (κ3) is 4.06. The molecule has 0 fully saturated rings. The maximum Gasteiger partial charge on any atom is 0.335 e. The second kappa shape index (κ2) is 7.04. The van der Waals surface area contributed by atoms with Crippen LogP contribution in [0.2, 0.25) is 0 Å². The number of rotatable bonds is 7. The van der Waals surface area contributed by atoms with Crippen LogP contribution in [0.3, 0.4) is 0 Å². The van der Waals surface area contributed by atoms with Crippen LogP contribution in [0.4, 0.5) is 5.69 Å². The van der Waals surface area contributed by atoms with Crippen molar-refractivity contribution >= 4 is 11.7 Å². The SMILES string of the molecule is CCCCC(CC)Nc1ccc(C(=O)O)cc1C. The summed E-state index contributed by atoms with van der Waals surface area (Å²) in [5.74, 6) is -0.873. The van der Waals surface area contributed by atoms with E-state index in [1.807, 2.05) is 13.0 Å². The minimum atomic E-state index is -0.873. The Labute approximate surface area is 109 Å². The Bertz CT molecular complexity index is 401. The zero-order chi connectivity index (χ0) is 13.5. The predicted molar refractivity (Wildman–Crippen MR) is 75.4 cm³/mol. The van der Waals surface area contributed by atoms with E-state index < -0.39 is 5.97 Å². The van der Waals surface area contributed by atoms with Gasteiger partial charge in [-0.2, -0.15) is 0 Å². The molecule has 3 heteroatoms. The van der Waals surface area contributed by atoms with Gasteiger partial charge in [-0.15, -0.1) is 0 Å². The molecule has 0 heterocycles. The van der Waals surface area contributed by atoms with Crippen molar-refractivity contribution in [3.8, 4) is 0 Å². The van der Waals surface area contributed by atoms with E-state index in [9.17, 15) is 4.79 Å². The van der Waals surface area contributed by atoms with Crippen molar-refractivity contribution in [1.82, 2.24) is 0 Å². The Morgan fingerprint density at radius 2 is 2.11 bits per heavy atom. The van der Waals surface area contributed by atoms with Crippen molar-refractivity contribution in [1.29, 1.82) is 0 Å². The Hall–Kier alpha value is -1.51. The Morgan fingerprint density at radius 3 is 2.61 bits per heavy atom. The highest BCUT2D eigenvalue weighted by atomic mass is 16.4. The molecule has 0 saturated heterocycles. The van der Waals surface area contributed by atoms with Gasteiger partial charge in [0.15, 0.2) is 0 Å². The molecule has 0 amide bonds. The molecule has 0 saturated carbocycles. The molecule has 1 aromatic carbocycles. The van der Waals surface area contributed by atoms with Gasteiger partial charge < -0.3 is 10.4 Å². The first-order chi connectivity index (χ1) is 8.58. The maximum atomic E-state index is 10.9. The number of aromatic carboxylic acids is 1. The minimum absolute atomic E-state index is 0.347. The molecule has 100 valence electrons. The van der Waals surface area contributed by atoms with E-state index in [4.69, 9.17) is 5.11 Å². The number of aryl methyl sites for hydroxylation is 1. The molecule has 0 aliphatic carbocycles. The van der Waals surface area contributed by atoms with Crippen LogP contribution in [-0.2, 0) is 0 Å². The molecule has 0 aromatic heterocycles. The maximum absolute atomic E-state index is 10.9. The van der Waals surface area contributed by atoms with Gasteiger partial charge in [0.25, 0.3) is 0 Å². The Morgan fingerprint density at radius 1 is 1.39 bits per heavy atom. The third-order valence-corrected chi connectivity index (χ3v) is 3.23. The average molecular weight is 249 g/mol. The van der Waals surface area contributed by atoms with Gasteiger partial charge in [-0.05, 0) is 43.5 Å². The van der Waals surface area contributed by atoms with E-state index in [2.05, 4.69) is 19.2 Å². The number of carboxylic acids is 1. The number of hydrogen-bond donors (Lipinski definition) is 2. The van der Waals surface area contributed by atoms with E-state index in [0.29, 0.717) is 11.6 Å². The topological polar surface area (TPSA) is 49.3 Å². The molecule has 3 nitrogen and oxygen atoms in total. The second-order valence-corrected chi connectivity index (χ2v) is 4.73. The standard InChI is InChI=1S/C15H23NO2/c1-4-6-7-13(5-2)16-14-9-8-12(15(17)18)10-11(14)3/h8-10,13,16H,4-7H2,1-3H3,(H,17,18). The first kappa shape index (κ1) is 14.6. The van der Waals surface area contributed by atoms with Gasteiger partial charge in [0, 0.05) is 11.7 Å². The molecule has 0 radical (unpaired) electrons. The summed E-state index contributed by atoms with van der Waals surface area (Å²) < 4.78 is 0. The van der Waals surface area contributed by atoms with Gasteiger partial charge in [0.05, 0.1) is 5.56 Å². The van der Waals surface area contributed by atoms with E-state index >= 15 is 0 Å². The van der Waals surface area contributed by atoms with Gasteiger partial charge in [-0.1, -0.05) is 26.7 Å². The monoisotopic (exact) mass is 249 g/mol. The minimum Gasteiger partial charge on any atom is -0.478 e. The van der Waals surface area contributed by atoms with E-state index in [0.717, 1.165) is 24.1 Å². The van der Waals surface area contributed by atoms with Gasteiger partial charge >= 0.3 is 5.97 Å². The highest BCUT2D eigenvalue weighted by Gasteiger charge is 2.09. The summed E-state index contributed by atoms with van der Waals surface area (Å²) in [6, 6.07) is 5.72. The normalized spacial score (nSPS) is 12.2. The fourth-order valence-electron chi connectivity index (χ4n) is 2.01. The van der Waals surface area contributed by atoms with Crippen molar-refractivity contribution in [2.75, 3.05) is 5.32 Å². The fourth-order valence-corrected chi connectivity index (χ4v) is 2.01. The van der Waals surface area contributed by atoms with Crippen LogP contribution in [0, 0.1) is 6.92 Å². The summed E-state index contributed by atoms with van der Waals surface area (Å²) in [7, 11) is 0. The summed E-state index contributed by atoms with van der Waals surface area (Å²) in [6.45, 7) is 6.31. The largest absolute Gasteiger partial charge is 0.478 e. The van der Waals surface area contributed by atoms with Crippen LogP contribution in [0.25, 0.3) is 0 Å². The van der Waals surface area contributed by atoms with E-state index in [1.54, 1.807) is 12.1 Å². The number of unbranched alkanes of at least 4 members (excludes halogenated alkanes) is 1. The molecule has 0 bridgehead atoms. The van der Waals surface area contributed by atoms with Crippen LogP contribution in [-0.4, -0.2) is 17.1 Å². The molecule has 0 aliphatic rings. The Balaban J connectivity index is 2.74.